The van der Waals surface area contributed by atoms with E-state index in [1.807, 2.05) is 13.8 Å². The van der Waals surface area contributed by atoms with E-state index >= 15 is 0 Å². The Labute approximate surface area is 102 Å². The minimum Gasteiger partial charge on any atom is -0.368 e. The molecule has 0 rings (SSSR count). The summed E-state index contributed by atoms with van der Waals surface area (Å²) in [6, 6.07) is 0. The third-order valence-corrected chi connectivity index (χ3v) is 5.34. The molecule has 0 saturated carbocycles. The summed E-state index contributed by atoms with van der Waals surface area (Å²) in [6.07, 6.45) is 1.37. The van der Waals surface area contributed by atoms with E-state index < -0.39 is 8.88 Å². The van der Waals surface area contributed by atoms with Crippen molar-refractivity contribution in [3.8, 4) is 0 Å². The summed E-state index contributed by atoms with van der Waals surface area (Å²) in [4.78, 5) is 6.75. The van der Waals surface area contributed by atoms with Gasteiger partial charge < -0.3 is 8.85 Å². The second-order valence-corrected chi connectivity index (χ2v) is 6.59. The van der Waals surface area contributed by atoms with E-state index in [1.165, 1.54) is 0 Å². The van der Waals surface area contributed by atoms with Crippen molar-refractivity contribution in [2.75, 3.05) is 13.1 Å². The summed E-state index contributed by atoms with van der Waals surface area (Å²) < 4.78 is 12.1. The molecule has 98 valence electrons. The fraction of sp³-hybridized carbons (Fsp3) is 1.00. The normalized spacial score (nSPS) is 14.4. The summed E-state index contributed by atoms with van der Waals surface area (Å²) in [5.74, 6) is 0. The smallest absolute Gasteiger partial charge is 0.368 e. The van der Waals surface area contributed by atoms with Crippen molar-refractivity contribution in [3.63, 3.8) is 0 Å². The molecular formula is C11H28N2O2Si. The molecule has 0 saturated heterocycles. The molecule has 0 aromatic rings. The average molecular weight is 248 g/mol. The molecule has 0 radical (unpaired) electrons. The van der Waals surface area contributed by atoms with Gasteiger partial charge in [-0.15, -0.1) is 0 Å². The van der Waals surface area contributed by atoms with Crippen LogP contribution < -0.4 is 9.96 Å². The molecule has 4 nitrogen and oxygen atoms in total. The molecule has 0 aromatic heterocycles. The summed E-state index contributed by atoms with van der Waals surface area (Å²) in [7, 11) is -2.44. The molecule has 5 heteroatoms. The van der Waals surface area contributed by atoms with E-state index in [1.54, 1.807) is 0 Å². The van der Waals surface area contributed by atoms with Crippen LogP contribution >= 0.6 is 0 Å². The van der Waals surface area contributed by atoms with Crippen molar-refractivity contribution in [1.82, 2.24) is 9.96 Å². The second-order valence-electron chi connectivity index (χ2n) is 4.18. The topological polar surface area (TPSA) is 42.5 Å². The Balaban J connectivity index is 4.62. The number of hydrogen-bond acceptors (Lipinski definition) is 4. The predicted molar refractivity (Wildman–Crippen MR) is 70.2 cm³/mol. The Morgan fingerprint density at radius 2 is 1.44 bits per heavy atom. The second kappa shape index (κ2) is 8.19. The molecule has 1 unspecified atom stereocenters. The van der Waals surface area contributed by atoms with E-state index in [4.69, 9.17) is 8.85 Å². The van der Waals surface area contributed by atoms with E-state index in [0.717, 1.165) is 19.5 Å². The zero-order valence-electron chi connectivity index (χ0n) is 11.6. The maximum Gasteiger partial charge on any atom is 0.517 e. The van der Waals surface area contributed by atoms with E-state index in [2.05, 4.69) is 37.7 Å². The van der Waals surface area contributed by atoms with Gasteiger partial charge >= 0.3 is 8.88 Å². The standard InChI is InChI=1S/C11H28N2O2Si/c1-7-11(6)15-16(12-8-2,13-9-3)14-10(4)5/h10-13H,7-9H2,1-6H3. The van der Waals surface area contributed by atoms with Crippen molar-refractivity contribution in [2.24, 2.45) is 0 Å². The molecule has 0 aliphatic rings. The van der Waals surface area contributed by atoms with Gasteiger partial charge in [0.15, 0.2) is 0 Å². The molecule has 0 fully saturated rings. The Kier molecular flexibility index (Phi) is 8.22. The Morgan fingerprint density at radius 1 is 0.938 bits per heavy atom. The molecule has 0 spiro atoms. The van der Waals surface area contributed by atoms with Crippen LogP contribution in [0.1, 0.15) is 48.0 Å². The molecule has 1 atom stereocenters. The van der Waals surface area contributed by atoms with Gasteiger partial charge in [-0.1, -0.05) is 20.8 Å². The largest absolute Gasteiger partial charge is 0.517 e. The van der Waals surface area contributed by atoms with Crippen molar-refractivity contribution in [1.29, 1.82) is 0 Å². The van der Waals surface area contributed by atoms with Crippen molar-refractivity contribution >= 4 is 8.88 Å². The lowest BCUT2D eigenvalue weighted by atomic mass is 10.3. The van der Waals surface area contributed by atoms with Gasteiger partial charge in [0, 0.05) is 12.2 Å². The van der Waals surface area contributed by atoms with Crippen LogP contribution in [0.15, 0.2) is 0 Å². The zero-order chi connectivity index (χ0) is 12.6. The molecule has 2 N–H and O–H groups in total. The first-order valence-electron chi connectivity index (χ1n) is 6.35. The van der Waals surface area contributed by atoms with Crippen LogP contribution in [-0.2, 0) is 8.85 Å². The van der Waals surface area contributed by atoms with Crippen LogP contribution in [-0.4, -0.2) is 34.2 Å². The van der Waals surface area contributed by atoms with Crippen molar-refractivity contribution < 1.29 is 8.85 Å². The lowest BCUT2D eigenvalue weighted by Gasteiger charge is -2.34. The van der Waals surface area contributed by atoms with Gasteiger partial charge in [-0.05, 0) is 40.3 Å². The maximum absolute atomic E-state index is 6.07. The van der Waals surface area contributed by atoms with E-state index in [0.29, 0.717) is 0 Å². The minimum atomic E-state index is -2.44. The van der Waals surface area contributed by atoms with Crippen LogP contribution in [0.25, 0.3) is 0 Å². The lowest BCUT2D eigenvalue weighted by Crippen LogP contribution is -2.68. The molecule has 0 aromatic carbocycles. The van der Waals surface area contributed by atoms with E-state index in [-0.39, 0.29) is 12.2 Å². The van der Waals surface area contributed by atoms with Gasteiger partial charge in [-0.25, -0.2) is 0 Å². The van der Waals surface area contributed by atoms with Crippen molar-refractivity contribution in [3.05, 3.63) is 0 Å². The number of nitrogens with one attached hydrogen (secondary N) is 2. The quantitative estimate of drug-likeness (QED) is 0.612. The maximum atomic E-state index is 6.07. The lowest BCUT2D eigenvalue weighted by molar-refractivity contribution is 0.0788. The zero-order valence-corrected chi connectivity index (χ0v) is 12.6. The Bertz CT molecular complexity index is 173. The van der Waals surface area contributed by atoms with Crippen LogP contribution in [0.3, 0.4) is 0 Å². The van der Waals surface area contributed by atoms with E-state index in [9.17, 15) is 0 Å². The van der Waals surface area contributed by atoms with Crippen LogP contribution in [0.5, 0.6) is 0 Å². The third kappa shape index (κ3) is 5.96. The summed E-state index contributed by atoms with van der Waals surface area (Å²) in [5, 5.41) is 0. The Morgan fingerprint density at radius 3 is 1.75 bits per heavy atom. The first-order chi connectivity index (χ1) is 7.49. The van der Waals surface area contributed by atoms with Crippen LogP contribution in [0.4, 0.5) is 0 Å². The Hall–Kier alpha value is 0.0569. The molecule has 0 aliphatic heterocycles. The first kappa shape index (κ1) is 16.1. The fourth-order valence-electron chi connectivity index (χ4n) is 1.42. The van der Waals surface area contributed by atoms with Crippen LogP contribution in [0.2, 0.25) is 0 Å². The highest BCUT2D eigenvalue weighted by Crippen LogP contribution is 2.09. The minimum absolute atomic E-state index is 0.161. The molecule has 0 bridgehead atoms. The number of hydrogen-bond donors (Lipinski definition) is 2. The highest BCUT2D eigenvalue weighted by Gasteiger charge is 2.40. The third-order valence-electron chi connectivity index (χ3n) is 2.16. The van der Waals surface area contributed by atoms with Gasteiger partial charge in [0.1, 0.15) is 0 Å². The monoisotopic (exact) mass is 248 g/mol. The molecular weight excluding hydrogens is 220 g/mol. The van der Waals surface area contributed by atoms with Crippen molar-refractivity contribution in [2.45, 2.75) is 60.2 Å². The molecule has 0 amide bonds. The van der Waals surface area contributed by atoms with Gasteiger partial charge in [0.05, 0.1) is 0 Å². The molecule has 16 heavy (non-hydrogen) atoms. The van der Waals surface area contributed by atoms with Crippen LogP contribution in [0, 0.1) is 0 Å². The fourth-order valence-corrected chi connectivity index (χ4v) is 4.26. The summed E-state index contributed by atoms with van der Waals surface area (Å²) >= 11 is 0. The highest BCUT2D eigenvalue weighted by atomic mass is 28.4. The first-order valence-corrected chi connectivity index (χ1v) is 8.16. The predicted octanol–water partition coefficient (Wildman–Crippen LogP) is 1.88. The van der Waals surface area contributed by atoms with Gasteiger partial charge in [0.25, 0.3) is 0 Å². The number of rotatable bonds is 9. The summed E-state index contributed by atoms with van der Waals surface area (Å²) in [6.45, 7) is 14.1. The molecule has 0 aliphatic carbocycles. The SMILES string of the molecule is CCN[Si](NCC)(OC(C)C)OC(C)CC. The average Bonchev–Trinajstić information content (AvgIpc) is 2.17. The van der Waals surface area contributed by atoms with Gasteiger partial charge in [-0.2, -0.15) is 0 Å². The van der Waals surface area contributed by atoms with Gasteiger partial charge in [-0.3, -0.25) is 9.96 Å². The molecule has 0 heterocycles. The van der Waals surface area contributed by atoms with Gasteiger partial charge in [0.2, 0.25) is 0 Å². The summed E-state index contributed by atoms with van der Waals surface area (Å²) in [5.41, 5.74) is 0. The highest BCUT2D eigenvalue weighted by molar-refractivity contribution is 6.62.